The van der Waals surface area contributed by atoms with E-state index in [0.29, 0.717) is 11.6 Å². The summed E-state index contributed by atoms with van der Waals surface area (Å²) in [5, 5.41) is 3.65. The molecule has 32 heavy (non-hydrogen) atoms. The van der Waals surface area contributed by atoms with E-state index in [1.54, 1.807) is 0 Å². The number of nitrogens with one attached hydrogen (secondary N) is 1. The molecule has 1 atom stereocenters. The number of amides is 1. The van der Waals surface area contributed by atoms with E-state index in [0.717, 1.165) is 57.8 Å². The molecule has 1 aliphatic rings. The highest BCUT2D eigenvalue weighted by Gasteiger charge is 2.27. The quantitative estimate of drug-likeness (QED) is 0.495. The monoisotopic (exact) mass is 446 g/mol. The van der Waals surface area contributed by atoms with Gasteiger partial charge < -0.3 is 20.5 Å². The summed E-state index contributed by atoms with van der Waals surface area (Å²) in [5.74, 6) is -0.0385. The van der Waals surface area contributed by atoms with Crippen molar-refractivity contribution in [3.8, 4) is 21.7 Å². The van der Waals surface area contributed by atoms with Gasteiger partial charge in [0.05, 0.1) is 27.9 Å². The van der Waals surface area contributed by atoms with E-state index in [2.05, 4.69) is 28.5 Å². The first kappa shape index (κ1) is 20.7. The first-order valence-electron chi connectivity index (χ1n) is 10.8. The number of benzene rings is 2. The number of carbonyl (C=O) groups excluding carboxylic acids is 1. The van der Waals surface area contributed by atoms with Gasteiger partial charge in [0.15, 0.2) is 5.01 Å². The average Bonchev–Trinajstić information content (AvgIpc) is 3.43. The SMILES string of the molecule is CNc1ccc(-c2nc(C(=O)N3CCC[C@@H](N)C3)sc2-c2ccc3c(c2)ncn3C)cc1. The molecule has 1 amide bonds. The van der Waals surface area contributed by atoms with Gasteiger partial charge in [0, 0.05) is 44.5 Å². The Balaban J connectivity index is 1.60. The molecule has 5 rings (SSSR count). The Morgan fingerprint density at radius 2 is 1.97 bits per heavy atom. The summed E-state index contributed by atoms with van der Waals surface area (Å²) >= 11 is 1.44. The van der Waals surface area contributed by atoms with Crippen molar-refractivity contribution >= 4 is 34.0 Å². The van der Waals surface area contributed by atoms with Crippen molar-refractivity contribution in [1.29, 1.82) is 0 Å². The van der Waals surface area contributed by atoms with E-state index >= 15 is 0 Å². The zero-order valence-electron chi connectivity index (χ0n) is 18.2. The van der Waals surface area contributed by atoms with Crippen molar-refractivity contribution in [2.24, 2.45) is 12.8 Å². The van der Waals surface area contributed by atoms with E-state index in [1.165, 1.54) is 11.3 Å². The second kappa shape index (κ2) is 8.37. The first-order valence-corrected chi connectivity index (χ1v) is 11.6. The molecule has 1 saturated heterocycles. The third-order valence-electron chi connectivity index (χ3n) is 5.99. The molecule has 0 radical (unpaired) electrons. The van der Waals surface area contributed by atoms with Crippen molar-refractivity contribution in [2.75, 3.05) is 25.5 Å². The maximum absolute atomic E-state index is 13.3. The third-order valence-corrected chi connectivity index (χ3v) is 7.08. The number of piperidine rings is 1. The molecule has 1 fully saturated rings. The van der Waals surface area contributed by atoms with Gasteiger partial charge in [0.25, 0.3) is 5.91 Å². The van der Waals surface area contributed by atoms with Crippen LogP contribution in [0.4, 0.5) is 5.69 Å². The third kappa shape index (κ3) is 3.76. The Bertz CT molecular complexity index is 1280. The van der Waals surface area contributed by atoms with Gasteiger partial charge in [-0.15, -0.1) is 11.3 Å². The highest BCUT2D eigenvalue weighted by molar-refractivity contribution is 7.17. The standard InChI is InChI=1S/C24H26N6OS/c1-26-18-8-5-15(6-9-18)21-22(16-7-10-20-19(12-16)27-14-29(20)2)32-23(28-21)24(31)30-11-3-4-17(25)13-30/h5-10,12,14,17,26H,3-4,11,13,25H2,1-2H3/t17-/m1/s1. The van der Waals surface area contributed by atoms with Crippen LogP contribution in [0.15, 0.2) is 48.8 Å². The number of aromatic nitrogens is 3. The van der Waals surface area contributed by atoms with E-state index in [4.69, 9.17) is 10.7 Å². The predicted molar refractivity (Wildman–Crippen MR) is 130 cm³/mol. The molecular weight excluding hydrogens is 420 g/mol. The number of imidazole rings is 1. The smallest absolute Gasteiger partial charge is 0.282 e. The summed E-state index contributed by atoms with van der Waals surface area (Å²) < 4.78 is 2.00. The first-order chi connectivity index (χ1) is 15.5. The fourth-order valence-electron chi connectivity index (χ4n) is 4.20. The molecule has 0 bridgehead atoms. The van der Waals surface area contributed by atoms with Crippen LogP contribution < -0.4 is 11.1 Å². The Labute approximate surface area is 190 Å². The normalized spacial score (nSPS) is 16.5. The summed E-state index contributed by atoms with van der Waals surface area (Å²) in [7, 11) is 3.88. The lowest BCUT2D eigenvalue weighted by Gasteiger charge is -2.30. The second-order valence-corrected chi connectivity index (χ2v) is 9.24. The van der Waals surface area contributed by atoms with Gasteiger partial charge in [-0.05, 0) is 42.7 Å². The molecule has 0 aliphatic carbocycles. The van der Waals surface area contributed by atoms with Crippen LogP contribution in [0.3, 0.4) is 0 Å². The number of likely N-dealkylation sites (tertiary alicyclic amines) is 1. The van der Waals surface area contributed by atoms with E-state index in [-0.39, 0.29) is 11.9 Å². The van der Waals surface area contributed by atoms with Crippen LogP contribution in [-0.4, -0.2) is 51.5 Å². The predicted octanol–water partition coefficient (Wildman–Crippen LogP) is 3.97. The van der Waals surface area contributed by atoms with Crippen molar-refractivity contribution in [2.45, 2.75) is 18.9 Å². The molecule has 0 spiro atoms. The molecule has 2 aromatic heterocycles. The largest absolute Gasteiger partial charge is 0.388 e. The highest BCUT2D eigenvalue weighted by Crippen LogP contribution is 2.38. The number of anilines is 1. The minimum absolute atomic E-state index is 0.0345. The number of rotatable bonds is 4. The molecule has 3 N–H and O–H groups in total. The van der Waals surface area contributed by atoms with Crippen molar-refractivity contribution in [1.82, 2.24) is 19.4 Å². The van der Waals surface area contributed by atoms with Crippen molar-refractivity contribution in [3.63, 3.8) is 0 Å². The fraction of sp³-hybridized carbons (Fsp3) is 0.292. The number of carbonyl (C=O) groups is 1. The summed E-state index contributed by atoms with van der Waals surface area (Å²) in [6.45, 7) is 1.31. The maximum Gasteiger partial charge on any atom is 0.282 e. The van der Waals surface area contributed by atoms with Gasteiger partial charge >= 0.3 is 0 Å². The minimum atomic E-state index is -0.0385. The van der Waals surface area contributed by atoms with Gasteiger partial charge in [-0.1, -0.05) is 18.2 Å². The van der Waals surface area contributed by atoms with Crippen molar-refractivity contribution < 1.29 is 4.79 Å². The lowest BCUT2D eigenvalue weighted by atomic mass is 10.1. The van der Waals surface area contributed by atoms with E-state index in [1.807, 2.05) is 54.2 Å². The lowest BCUT2D eigenvalue weighted by molar-refractivity contribution is 0.0708. The van der Waals surface area contributed by atoms with Gasteiger partial charge in [0.2, 0.25) is 0 Å². The van der Waals surface area contributed by atoms with Crippen LogP contribution in [0.2, 0.25) is 0 Å². The van der Waals surface area contributed by atoms with Crippen LogP contribution in [0, 0.1) is 0 Å². The molecule has 7 nitrogen and oxygen atoms in total. The van der Waals surface area contributed by atoms with E-state index < -0.39 is 0 Å². The molecule has 2 aromatic carbocycles. The molecule has 0 saturated carbocycles. The lowest BCUT2D eigenvalue weighted by Crippen LogP contribution is -2.45. The van der Waals surface area contributed by atoms with Gasteiger partial charge in [0.1, 0.15) is 0 Å². The number of hydrogen-bond acceptors (Lipinski definition) is 6. The average molecular weight is 447 g/mol. The molecule has 0 unspecified atom stereocenters. The number of nitrogens with two attached hydrogens (primary N) is 1. The summed E-state index contributed by atoms with van der Waals surface area (Å²) in [4.78, 5) is 25.4. The number of thiazole rings is 1. The van der Waals surface area contributed by atoms with E-state index in [9.17, 15) is 4.79 Å². The van der Waals surface area contributed by atoms with Crippen LogP contribution in [0.25, 0.3) is 32.7 Å². The number of aryl methyl sites for hydroxylation is 1. The Morgan fingerprint density at radius 3 is 2.72 bits per heavy atom. The molecular formula is C24H26N6OS. The maximum atomic E-state index is 13.3. The van der Waals surface area contributed by atoms with Gasteiger partial charge in [-0.25, -0.2) is 9.97 Å². The molecule has 1 aliphatic heterocycles. The Morgan fingerprint density at radius 1 is 1.19 bits per heavy atom. The second-order valence-electron chi connectivity index (χ2n) is 8.24. The van der Waals surface area contributed by atoms with Crippen LogP contribution >= 0.6 is 11.3 Å². The molecule has 164 valence electrons. The van der Waals surface area contributed by atoms with Crippen LogP contribution in [0.1, 0.15) is 22.6 Å². The van der Waals surface area contributed by atoms with Gasteiger partial charge in [-0.3, -0.25) is 4.79 Å². The number of hydrogen-bond donors (Lipinski definition) is 2. The number of nitrogens with zero attached hydrogens (tertiary/aromatic N) is 4. The zero-order chi connectivity index (χ0) is 22.2. The number of fused-ring (bicyclic) bond motifs is 1. The molecule has 8 heteroatoms. The highest BCUT2D eigenvalue weighted by atomic mass is 32.1. The summed E-state index contributed by atoms with van der Waals surface area (Å²) in [5.41, 5.74) is 11.9. The minimum Gasteiger partial charge on any atom is -0.388 e. The van der Waals surface area contributed by atoms with Crippen molar-refractivity contribution in [3.05, 3.63) is 53.8 Å². The topological polar surface area (TPSA) is 89.1 Å². The summed E-state index contributed by atoms with van der Waals surface area (Å²) in [6, 6.07) is 14.4. The summed E-state index contributed by atoms with van der Waals surface area (Å²) in [6.07, 6.45) is 3.70. The molecule has 3 heterocycles. The fourth-order valence-corrected chi connectivity index (χ4v) is 5.26. The Kier molecular flexibility index (Phi) is 5.40. The van der Waals surface area contributed by atoms with Crippen LogP contribution in [0.5, 0.6) is 0 Å². The van der Waals surface area contributed by atoms with Gasteiger partial charge in [-0.2, -0.15) is 0 Å². The zero-order valence-corrected chi connectivity index (χ0v) is 19.0. The van der Waals surface area contributed by atoms with Crippen LogP contribution in [-0.2, 0) is 7.05 Å². The molecule has 4 aromatic rings. The Hall–Kier alpha value is -3.23.